The third kappa shape index (κ3) is 3.64. The highest BCUT2D eigenvalue weighted by Gasteiger charge is 2.14. The normalized spacial score (nSPS) is 10.7. The SMILES string of the molecule is CCOc1ccc2nc(C)cc(Nc3ccc(Cl)c([N+](=O)[O-])c3)c2c1. The van der Waals surface area contributed by atoms with Gasteiger partial charge in [0.15, 0.2) is 0 Å². The van der Waals surface area contributed by atoms with Gasteiger partial charge in [-0.25, -0.2) is 0 Å². The van der Waals surface area contributed by atoms with Crippen molar-refractivity contribution in [2.24, 2.45) is 0 Å². The second-order valence-corrected chi connectivity index (χ2v) is 5.88. The molecule has 7 heteroatoms. The molecule has 0 radical (unpaired) electrons. The number of halogens is 1. The maximum absolute atomic E-state index is 11.1. The highest BCUT2D eigenvalue weighted by atomic mass is 35.5. The summed E-state index contributed by atoms with van der Waals surface area (Å²) in [5.74, 6) is 0.741. The standard InChI is InChI=1S/C18H16ClN3O3/c1-3-25-13-5-7-16-14(10-13)17(8-11(2)20-16)21-12-4-6-15(19)18(9-12)22(23)24/h4-10H,3H2,1-2H3,(H,20,21). The number of anilines is 2. The van der Waals surface area contributed by atoms with Crippen molar-refractivity contribution < 1.29 is 9.66 Å². The number of nitro groups is 1. The number of fused-ring (bicyclic) bond motifs is 1. The predicted octanol–water partition coefficient (Wildman–Crippen LogP) is 5.25. The number of hydrogen-bond donors (Lipinski definition) is 1. The summed E-state index contributed by atoms with van der Waals surface area (Å²) in [5, 5.41) is 15.3. The van der Waals surface area contributed by atoms with Crippen molar-refractivity contribution in [1.82, 2.24) is 4.98 Å². The van der Waals surface area contributed by atoms with Crippen LogP contribution in [0.5, 0.6) is 5.75 Å². The number of aromatic nitrogens is 1. The van der Waals surface area contributed by atoms with Gasteiger partial charge in [0, 0.05) is 28.5 Å². The topological polar surface area (TPSA) is 77.3 Å². The van der Waals surface area contributed by atoms with Crippen molar-refractivity contribution in [1.29, 1.82) is 0 Å². The lowest BCUT2D eigenvalue weighted by atomic mass is 10.1. The Bertz CT molecular complexity index is 960. The Labute approximate surface area is 149 Å². The minimum Gasteiger partial charge on any atom is -0.494 e. The molecule has 6 nitrogen and oxygen atoms in total. The van der Waals surface area contributed by atoms with Gasteiger partial charge < -0.3 is 10.1 Å². The Hall–Kier alpha value is -2.86. The zero-order chi connectivity index (χ0) is 18.0. The zero-order valence-corrected chi connectivity index (χ0v) is 14.5. The molecule has 0 aliphatic carbocycles. The molecule has 0 aliphatic heterocycles. The van der Waals surface area contributed by atoms with E-state index in [2.05, 4.69) is 10.3 Å². The quantitative estimate of drug-likeness (QED) is 0.498. The molecule has 0 amide bonds. The van der Waals surface area contributed by atoms with Crippen LogP contribution in [0.25, 0.3) is 10.9 Å². The number of nitrogens with zero attached hydrogens (tertiary/aromatic N) is 2. The largest absolute Gasteiger partial charge is 0.494 e. The molecule has 0 saturated heterocycles. The molecule has 0 bridgehead atoms. The van der Waals surface area contributed by atoms with Gasteiger partial charge in [-0.2, -0.15) is 0 Å². The smallest absolute Gasteiger partial charge is 0.289 e. The second kappa shape index (κ2) is 6.94. The lowest BCUT2D eigenvalue weighted by Crippen LogP contribution is -1.97. The first kappa shape index (κ1) is 17.0. The summed E-state index contributed by atoms with van der Waals surface area (Å²) in [6, 6.07) is 12.2. The van der Waals surface area contributed by atoms with E-state index < -0.39 is 4.92 Å². The number of pyridine rings is 1. The van der Waals surface area contributed by atoms with E-state index >= 15 is 0 Å². The van der Waals surface area contributed by atoms with E-state index in [1.54, 1.807) is 6.07 Å². The first-order valence-corrected chi connectivity index (χ1v) is 8.11. The van der Waals surface area contributed by atoms with Crippen molar-refractivity contribution in [3.63, 3.8) is 0 Å². The molecule has 3 rings (SSSR count). The second-order valence-electron chi connectivity index (χ2n) is 5.47. The molecule has 0 spiro atoms. The van der Waals surface area contributed by atoms with Crippen LogP contribution in [0.1, 0.15) is 12.6 Å². The third-order valence-electron chi connectivity index (χ3n) is 3.64. The van der Waals surface area contributed by atoms with E-state index in [1.807, 2.05) is 38.1 Å². The minimum absolute atomic E-state index is 0.102. The maximum Gasteiger partial charge on any atom is 0.289 e. The molecule has 1 aromatic heterocycles. The monoisotopic (exact) mass is 357 g/mol. The average molecular weight is 358 g/mol. The fraction of sp³-hybridized carbons (Fsp3) is 0.167. The maximum atomic E-state index is 11.1. The Morgan fingerprint density at radius 2 is 2.04 bits per heavy atom. The van der Waals surface area contributed by atoms with E-state index in [4.69, 9.17) is 16.3 Å². The van der Waals surface area contributed by atoms with Gasteiger partial charge in [-0.15, -0.1) is 0 Å². The number of benzene rings is 2. The summed E-state index contributed by atoms with van der Waals surface area (Å²) in [7, 11) is 0. The first-order chi connectivity index (χ1) is 12.0. The van der Waals surface area contributed by atoms with Crippen LogP contribution in [0, 0.1) is 17.0 Å². The molecule has 1 N–H and O–H groups in total. The summed E-state index contributed by atoms with van der Waals surface area (Å²) in [5.41, 5.74) is 2.87. The van der Waals surface area contributed by atoms with Crippen LogP contribution in [-0.2, 0) is 0 Å². The Morgan fingerprint density at radius 1 is 1.24 bits per heavy atom. The van der Waals surface area contributed by atoms with Crippen molar-refractivity contribution in [3.05, 3.63) is 63.3 Å². The van der Waals surface area contributed by atoms with Crippen LogP contribution in [0.4, 0.5) is 17.1 Å². The van der Waals surface area contributed by atoms with Gasteiger partial charge >= 0.3 is 0 Å². The molecular formula is C18H16ClN3O3. The van der Waals surface area contributed by atoms with Gasteiger partial charge in [0.1, 0.15) is 10.8 Å². The summed E-state index contributed by atoms with van der Waals surface area (Å²) >= 11 is 5.87. The average Bonchev–Trinajstić information content (AvgIpc) is 2.57. The van der Waals surface area contributed by atoms with Crippen molar-refractivity contribution in [2.75, 3.05) is 11.9 Å². The predicted molar refractivity (Wildman–Crippen MR) is 99.0 cm³/mol. The number of ether oxygens (including phenoxy) is 1. The summed E-state index contributed by atoms with van der Waals surface area (Å²) in [6.07, 6.45) is 0. The molecule has 0 saturated carbocycles. The Kier molecular flexibility index (Phi) is 4.72. The molecule has 0 aliphatic rings. The molecule has 128 valence electrons. The number of rotatable bonds is 5. The van der Waals surface area contributed by atoms with Gasteiger partial charge in [0.2, 0.25) is 0 Å². The molecule has 0 unspecified atom stereocenters. The molecular weight excluding hydrogens is 342 g/mol. The van der Waals surface area contributed by atoms with Gasteiger partial charge in [0.05, 0.1) is 17.0 Å². The molecule has 0 fully saturated rings. The fourth-order valence-corrected chi connectivity index (χ4v) is 2.77. The van der Waals surface area contributed by atoms with Crippen LogP contribution < -0.4 is 10.1 Å². The van der Waals surface area contributed by atoms with Crippen LogP contribution in [0.15, 0.2) is 42.5 Å². The minimum atomic E-state index is -0.503. The van der Waals surface area contributed by atoms with Crippen LogP contribution in [-0.4, -0.2) is 16.5 Å². The summed E-state index contributed by atoms with van der Waals surface area (Å²) in [4.78, 5) is 15.1. The van der Waals surface area contributed by atoms with Crippen LogP contribution >= 0.6 is 11.6 Å². The molecule has 2 aromatic carbocycles. The van der Waals surface area contributed by atoms with Crippen LogP contribution in [0.3, 0.4) is 0 Å². The highest BCUT2D eigenvalue weighted by molar-refractivity contribution is 6.32. The first-order valence-electron chi connectivity index (χ1n) is 7.73. The fourth-order valence-electron chi connectivity index (χ4n) is 2.58. The number of hydrogen-bond acceptors (Lipinski definition) is 5. The molecule has 3 aromatic rings. The van der Waals surface area contributed by atoms with Gasteiger partial charge in [0.25, 0.3) is 5.69 Å². The third-order valence-corrected chi connectivity index (χ3v) is 3.96. The van der Waals surface area contributed by atoms with E-state index in [-0.39, 0.29) is 10.7 Å². The van der Waals surface area contributed by atoms with Crippen molar-refractivity contribution in [3.8, 4) is 5.75 Å². The van der Waals surface area contributed by atoms with Gasteiger partial charge in [-0.05, 0) is 50.2 Å². The van der Waals surface area contributed by atoms with Gasteiger partial charge in [-0.1, -0.05) is 11.6 Å². The van der Waals surface area contributed by atoms with E-state index in [0.29, 0.717) is 12.3 Å². The van der Waals surface area contributed by atoms with Gasteiger partial charge in [-0.3, -0.25) is 15.1 Å². The van der Waals surface area contributed by atoms with E-state index in [9.17, 15) is 10.1 Å². The number of nitrogens with one attached hydrogen (secondary N) is 1. The number of aryl methyl sites for hydroxylation is 1. The van der Waals surface area contributed by atoms with Crippen molar-refractivity contribution >= 4 is 39.6 Å². The molecule has 25 heavy (non-hydrogen) atoms. The lowest BCUT2D eigenvalue weighted by Gasteiger charge is -2.12. The highest BCUT2D eigenvalue weighted by Crippen LogP contribution is 2.32. The zero-order valence-electron chi connectivity index (χ0n) is 13.7. The Morgan fingerprint density at radius 3 is 2.76 bits per heavy atom. The number of nitro benzene ring substituents is 1. The van der Waals surface area contributed by atoms with E-state index in [1.165, 1.54) is 12.1 Å². The van der Waals surface area contributed by atoms with Crippen molar-refractivity contribution in [2.45, 2.75) is 13.8 Å². The lowest BCUT2D eigenvalue weighted by molar-refractivity contribution is -0.384. The molecule has 0 atom stereocenters. The molecule has 1 heterocycles. The Balaban J connectivity index is 2.07. The van der Waals surface area contributed by atoms with E-state index in [0.717, 1.165) is 28.0 Å². The summed E-state index contributed by atoms with van der Waals surface area (Å²) < 4.78 is 5.55. The summed E-state index contributed by atoms with van der Waals surface area (Å²) in [6.45, 7) is 4.38. The van der Waals surface area contributed by atoms with Crippen LogP contribution in [0.2, 0.25) is 5.02 Å².